The van der Waals surface area contributed by atoms with Crippen LogP contribution in [-0.4, -0.2) is 5.88 Å². The minimum absolute atomic E-state index is 0.458. The van der Waals surface area contributed by atoms with E-state index in [0.717, 1.165) is 0 Å². The molecule has 0 nitrogen and oxygen atoms in total. The molecule has 0 heterocycles. The molecule has 0 amide bonds. The van der Waals surface area contributed by atoms with Crippen LogP contribution in [0.4, 0.5) is 0 Å². The minimum Gasteiger partial charge on any atom is -0.122 e. The Morgan fingerprint density at radius 3 is 2.54 bits per heavy atom. The Balaban J connectivity index is 2.75. The van der Waals surface area contributed by atoms with Crippen LogP contribution in [0.2, 0.25) is 0 Å². The van der Waals surface area contributed by atoms with Crippen LogP contribution in [0.1, 0.15) is 25.3 Å². The summed E-state index contributed by atoms with van der Waals surface area (Å²) in [7, 11) is 0. The third kappa shape index (κ3) is 3.23. The van der Waals surface area contributed by atoms with E-state index in [4.69, 9.17) is 11.6 Å². The average molecular weight is 195 g/mol. The molecule has 0 saturated heterocycles. The highest BCUT2D eigenvalue weighted by Crippen LogP contribution is 2.17. The summed E-state index contributed by atoms with van der Waals surface area (Å²) in [6, 6.07) is 10.4. The van der Waals surface area contributed by atoms with Crippen molar-refractivity contribution in [1.82, 2.24) is 0 Å². The molecule has 1 unspecified atom stereocenters. The summed E-state index contributed by atoms with van der Waals surface area (Å²) in [5.41, 5.74) is 2.57. The highest BCUT2D eigenvalue weighted by molar-refractivity contribution is 6.19. The summed E-state index contributed by atoms with van der Waals surface area (Å²) in [4.78, 5) is 0. The van der Waals surface area contributed by atoms with Crippen LogP contribution in [0.15, 0.2) is 42.0 Å². The molecule has 13 heavy (non-hydrogen) atoms. The Morgan fingerprint density at radius 1 is 1.38 bits per heavy atom. The Bertz CT molecular complexity index is 274. The molecule has 1 aromatic carbocycles. The van der Waals surface area contributed by atoms with E-state index in [1.165, 1.54) is 11.1 Å². The number of hydrogen-bond donors (Lipinski definition) is 0. The maximum Gasteiger partial charge on any atom is 0.0431 e. The average Bonchev–Trinajstić information content (AvgIpc) is 2.19. The molecule has 1 heteroatoms. The lowest BCUT2D eigenvalue weighted by Crippen LogP contribution is -1.90. The number of alkyl halides is 1. The molecule has 0 radical (unpaired) electrons. The van der Waals surface area contributed by atoms with Gasteiger partial charge in [0.25, 0.3) is 0 Å². The molecule has 1 aromatic rings. The maximum absolute atomic E-state index is 5.72. The van der Waals surface area contributed by atoms with Gasteiger partial charge in [-0.25, -0.2) is 0 Å². The molecular weight excluding hydrogens is 180 g/mol. The molecule has 0 bridgehead atoms. The highest BCUT2D eigenvalue weighted by atomic mass is 35.5. The van der Waals surface area contributed by atoms with Crippen LogP contribution in [0, 0.1) is 0 Å². The van der Waals surface area contributed by atoms with E-state index in [1.807, 2.05) is 6.07 Å². The fraction of sp³-hybridized carbons (Fsp3) is 0.333. The maximum atomic E-state index is 5.72. The van der Waals surface area contributed by atoms with E-state index in [1.54, 1.807) is 0 Å². The van der Waals surface area contributed by atoms with Crippen molar-refractivity contribution >= 4 is 11.6 Å². The first-order valence-electron chi connectivity index (χ1n) is 4.52. The molecular formula is C12H15Cl. The highest BCUT2D eigenvalue weighted by Gasteiger charge is 2.00. The lowest BCUT2D eigenvalue weighted by Gasteiger charge is -2.07. The van der Waals surface area contributed by atoms with E-state index in [2.05, 4.69) is 44.2 Å². The van der Waals surface area contributed by atoms with E-state index >= 15 is 0 Å². The Kier molecular flexibility index (Phi) is 4.04. The van der Waals surface area contributed by atoms with E-state index in [-0.39, 0.29) is 0 Å². The second kappa shape index (κ2) is 5.08. The predicted octanol–water partition coefficient (Wildman–Crippen LogP) is 3.98. The zero-order valence-corrected chi connectivity index (χ0v) is 8.88. The van der Waals surface area contributed by atoms with Crippen molar-refractivity contribution < 1.29 is 0 Å². The normalized spacial score (nSPS) is 14.2. The van der Waals surface area contributed by atoms with Crippen molar-refractivity contribution in [2.45, 2.75) is 19.8 Å². The predicted molar refractivity (Wildman–Crippen MR) is 59.3 cm³/mol. The van der Waals surface area contributed by atoms with Crippen LogP contribution >= 0.6 is 11.6 Å². The molecule has 70 valence electrons. The largest absolute Gasteiger partial charge is 0.122 e. The van der Waals surface area contributed by atoms with Gasteiger partial charge in [-0.3, -0.25) is 0 Å². The Hall–Kier alpha value is -0.750. The molecule has 0 saturated carbocycles. The third-order valence-corrected chi connectivity index (χ3v) is 2.49. The fourth-order valence-corrected chi connectivity index (χ4v) is 1.41. The van der Waals surface area contributed by atoms with Crippen LogP contribution in [-0.2, 0) is 0 Å². The standard InChI is InChI=1S/C12H15Cl/c1-10(9-13)8-11(2)12-6-4-3-5-7-12/h3-8,11H,9H2,1-2H3/b10-8-. The summed E-state index contributed by atoms with van der Waals surface area (Å²) in [5, 5.41) is 0. The van der Waals surface area contributed by atoms with Crippen LogP contribution in [0.25, 0.3) is 0 Å². The van der Waals surface area contributed by atoms with Crippen LogP contribution in [0.3, 0.4) is 0 Å². The molecule has 0 aliphatic heterocycles. The Morgan fingerprint density at radius 2 is 2.00 bits per heavy atom. The first-order chi connectivity index (χ1) is 6.24. The zero-order valence-electron chi connectivity index (χ0n) is 8.13. The van der Waals surface area contributed by atoms with Gasteiger partial charge in [-0.15, -0.1) is 11.6 Å². The second-order valence-electron chi connectivity index (χ2n) is 3.35. The molecule has 1 rings (SSSR count). The van der Waals surface area contributed by atoms with Crippen molar-refractivity contribution in [3.8, 4) is 0 Å². The van der Waals surface area contributed by atoms with Crippen molar-refractivity contribution in [2.24, 2.45) is 0 Å². The van der Waals surface area contributed by atoms with Gasteiger partial charge in [0.05, 0.1) is 0 Å². The number of halogens is 1. The van der Waals surface area contributed by atoms with Crippen molar-refractivity contribution in [2.75, 3.05) is 5.88 Å². The quantitative estimate of drug-likeness (QED) is 0.505. The lowest BCUT2D eigenvalue weighted by molar-refractivity contribution is 0.953. The summed E-state index contributed by atoms with van der Waals surface area (Å²) < 4.78 is 0. The van der Waals surface area contributed by atoms with E-state index < -0.39 is 0 Å². The van der Waals surface area contributed by atoms with Gasteiger partial charge in [0.2, 0.25) is 0 Å². The number of allylic oxidation sites excluding steroid dienone is 2. The van der Waals surface area contributed by atoms with Crippen LogP contribution < -0.4 is 0 Å². The smallest absolute Gasteiger partial charge is 0.0431 e. The number of rotatable bonds is 3. The van der Waals surface area contributed by atoms with Crippen molar-refractivity contribution in [3.05, 3.63) is 47.5 Å². The van der Waals surface area contributed by atoms with Crippen molar-refractivity contribution in [3.63, 3.8) is 0 Å². The van der Waals surface area contributed by atoms with Gasteiger partial charge in [-0.1, -0.05) is 48.9 Å². The summed E-state index contributed by atoms with van der Waals surface area (Å²) in [6.07, 6.45) is 2.21. The molecule has 0 fully saturated rings. The van der Waals surface area contributed by atoms with Gasteiger partial charge in [-0.2, -0.15) is 0 Å². The molecule has 0 aromatic heterocycles. The monoisotopic (exact) mass is 194 g/mol. The van der Waals surface area contributed by atoms with Gasteiger partial charge in [0, 0.05) is 5.88 Å². The zero-order chi connectivity index (χ0) is 9.68. The van der Waals surface area contributed by atoms with Gasteiger partial charge < -0.3 is 0 Å². The van der Waals surface area contributed by atoms with Gasteiger partial charge in [0.1, 0.15) is 0 Å². The van der Waals surface area contributed by atoms with E-state index in [0.29, 0.717) is 11.8 Å². The number of hydrogen-bond acceptors (Lipinski definition) is 0. The second-order valence-corrected chi connectivity index (χ2v) is 3.61. The summed E-state index contributed by atoms with van der Waals surface area (Å²) in [6.45, 7) is 4.25. The van der Waals surface area contributed by atoms with Gasteiger partial charge in [-0.05, 0) is 18.4 Å². The Labute approximate surface area is 85.2 Å². The molecule has 1 atom stereocenters. The van der Waals surface area contributed by atoms with E-state index in [9.17, 15) is 0 Å². The summed E-state index contributed by atoms with van der Waals surface area (Å²) in [5.74, 6) is 1.08. The molecule has 0 spiro atoms. The number of benzene rings is 1. The van der Waals surface area contributed by atoms with Crippen LogP contribution in [0.5, 0.6) is 0 Å². The molecule has 0 aliphatic rings. The molecule has 0 aliphatic carbocycles. The third-order valence-electron chi connectivity index (χ3n) is 2.07. The SMILES string of the molecule is C/C(=C/C(C)c1ccccc1)CCl. The van der Waals surface area contributed by atoms with Crippen molar-refractivity contribution in [1.29, 1.82) is 0 Å². The summed E-state index contributed by atoms with van der Waals surface area (Å²) >= 11 is 5.72. The molecule has 0 N–H and O–H groups in total. The first-order valence-corrected chi connectivity index (χ1v) is 5.05. The fourth-order valence-electron chi connectivity index (χ4n) is 1.32. The van der Waals surface area contributed by atoms with Gasteiger partial charge in [0.15, 0.2) is 0 Å². The minimum atomic E-state index is 0.458. The first kappa shape index (κ1) is 10.3. The topological polar surface area (TPSA) is 0 Å². The van der Waals surface area contributed by atoms with Gasteiger partial charge >= 0.3 is 0 Å². The lowest BCUT2D eigenvalue weighted by atomic mass is 9.99.